The molecule has 0 radical (unpaired) electrons. The van der Waals surface area contributed by atoms with E-state index in [0.717, 1.165) is 5.56 Å². The van der Waals surface area contributed by atoms with Crippen LogP contribution in [0.25, 0.3) is 6.08 Å². The van der Waals surface area contributed by atoms with Crippen molar-refractivity contribution >= 4 is 6.08 Å². The number of aromatic nitrogens is 1. The van der Waals surface area contributed by atoms with Crippen LogP contribution >= 0.6 is 0 Å². The van der Waals surface area contributed by atoms with Crippen molar-refractivity contribution in [1.29, 1.82) is 0 Å². The normalized spacial score (nSPS) is 13.6. The van der Waals surface area contributed by atoms with Crippen LogP contribution in [0.15, 0.2) is 30.6 Å². The minimum atomic E-state index is -0.376. The van der Waals surface area contributed by atoms with Gasteiger partial charge in [-0.1, -0.05) is 12.2 Å². The van der Waals surface area contributed by atoms with Crippen molar-refractivity contribution in [2.45, 2.75) is 13.0 Å². The highest BCUT2D eigenvalue weighted by Crippen LogP contribution is 1.98. The van der Waals surface area contributed by atoms with Crippen molar-refractivity contribution in [3.8, 4) is 0 Å². The zero-order chi connectivity index (χ0) is 8.97. The Morgan fingerprint density at radius 1 is 1.42 bits per heavy atom. The molecule has 0 aromatic carbocycles. The van der Waals surface area contributed by atoms with E-state index in [0.29, 0.717) is 0 Å². The molecular formula is C10H14NO+. The van der Waals surface area contributed by atoms with Crippen LogP contribution in [0, 0.1) is 0 Å². The quantitative estimate of drug-likeness (QED) is 0.645. The Balaban J connectivity index is 2.71. The molecule has 1 rings (SSSR count). The number of nitrogens with zero attached hydrogens (tertiary/aromatic N) is 1. The molecule has 1 atom stereocenters. The van der Waals surface area contributed by atoms with Crippen LogP contribution in [0.4, 0.5) is 0 Å². The van der Waals surface area contributed by atoms with Crippen LogP contribution in [0.3, 0.4) is 0 Å². The number of aliphatic hydroxyl groups excluding tert-OH is 1. The molecule has 64 valence electrons. The van der Waals surface area contributed by atoms with Gasteiger partial charge in [0.15, 0.2) is 12.4 Å². The molecule has 1 aromatic rings. The van der Waals surface area contributed by atoms with Gasteiger partial charge in [-0.3, -0.25) is 0 Å². The number of hydrogen-bond acceptors (Lipinski definition) is 1. The van der Waals surface area contributed by atoms with Crippen LogP contribution in [0.1, 0.15) is 12.5 Å². The summed E-state index contributed by atoms with van der Waals surface area (Å²) in [5.41, 5.74) is 1.11. The number of rotatable bonds is 2. The van der Waals surface area contributed by atoms with Gasteiger partial charge in [0.05, 0.1) is 6.10 Å². The molecule has 1 N–H and O–H groups in total. The van der Waals surface area contributed by atoms with Crippen molar-refractivity contribution < 1.29 is 9.67 Å². The Kier molecular flexibility index (Phi) is 3.00. The van der Waals surface area contributed by atoms with E-state index in [-0.39, 0.29) is 6.10 Å². The van der Waals surface area contributed by atoms with Gasteiger partial charge in [-0.25, -0.2) is 4.57 Å². The molecule has 1 aromatic heterocycles. The Morgan fingerprint density at radius 2 is 2.00 bits per heavy atom. The van der Waals surface area contributed by atoms with Gasteiger partial charge >= 0.3 is 0 Å². The van der Waals surface area contributed by atoms with Gasteiger partial charge in [0.1, 0.15) is 7.05 Å². The molecule has 0 saturated carbocycles. The summed E-state index contributed by atoms with van der Waals surface area (Å²) < 4.78 is 1.97. The lowest BCUT2D eigenvalue weighted by atomic mass is 10.2. The van der Waals surface area contributed by atoms with E-state index in [4.69, 9.17) is 5.11 Å². The molecule has 2 heteroatoms. The van der Waals surface area contributed by atoms with Gasteiger partial charge in [-0.2, -0.15) is 0 Å². The minimum absolute atomic E-state index is 0.376. The highest BCUT2D eigenvalue weighted by Gasteiger charge is 1.91. The zero-order valence-corrected chi connectivity index (χ0v) is 7.44. The van der Waals surface area contributed by atoms with Gasteiger partial charge in [0.2, 0.25) is 0 Å². The van der Waals surface area contributed by atoms with Crippen molar-refractivity contribution in [2.24, 2.45) is 7.05 Å². The fraction of sp³-hybridized carbons (Fsp3) is 0.300. The van der Waals surface area contributed by atoms with Crippen LogP contribution in [-0.4, -0.2) is 11.2 Å². The topological polar surface area (TPSA) is 24.1 Å². The van der Waals surface area contributed by atoms with E-state index in [9.17, 15) is 0 Å². The molecule has 12 heavy (non-hydrogen) atoms. The fourth-order valence-corrected chi connectivity index (χ4v) is 0.874. The van der Waals surface area contributed by atoms with Crippen LogP contribution < -0.4 is 4.57 Å². The molecule has 0 unspecified atom stereocenters. The first-order chi connectivity index (χ1) is 5.68. The van der Waals surface area contributed by atoms with Crippen molar-refractivity contribution in [3.63, 3.8) is 0 Å². The lowest BCUT2D eigenvalue weighted by molar-refractivity contribution is -0.671. The molecular weight excluding hydrogens is 150 g/mol. The van der Waals surface area contributed by atoms with E-state index in [1.54, 1.807) is 13.0 Å². The summed E-state index contributed by atoms with van der Waals surface area (Å²) in [5, 5.41) is 8.98. The molecule has 0 aliphatic carbocycles. The van der Waals surface area contributed by atoms with Crippen molar-refractivity contribution in [2.75, 3.05) is 0 Å². The standard InChI is InChI=1S/C10H14NO/c1-9(12)3-4-10-5-7-11(2)8-6-10/h3-9,12H,1-2H3/q+1/t9-/m1/s1. The molecule has 0 aliphatic rings. The molecule has 0 bridgehead atoms. The largest absolute Gasteiger partial charge is 0.389 e. The maximum absolute atomic E-state index is 8.98. The molecule has 2 nitrogen and oxygen atoms in total. The molecule has 0 amide bonds. The number of aryl methyl sites for hydroxylation is 1. The lowest BCUT2D eigenvalue weighted by Crippen LogP contribution is -2.25. The van der Waals surface area contributed by atoms with Crippen LogP contribution in [0.5, 0.6) is 0 Å². The summed E-state index contributed by atoms with van der Waals surface area (Å²) in [6.45, 7) is 1.74. The Bertz CT molecular complexity index is 262. The third-order valence-electron chi connectivity index (χ3n) is 1.57. The van der Waals surface area contributed by atoms with Crippen molar-refractivity contribution in [3.05, 3.63) is 36.2 Å². The lowest BCUT2D eigenvalue weighted by Gasteiger charge is -1.93. The average Bonchev–Trinajstić information content (AvgIpc) is 2.03. The third kappa shape index (κ3) is 2.84. The number of aliphatic hydroxyl groups is 1. The van der Waals surface area contributed by atoms with Gasteiger partial charge < -0.3 is 5.11 Å². The van der Waals surface area contributed by atoms with Crippen LogP contribution in [-0.2, 0) is 7.05 Å². The summed E-state index contributed by atoms with van der Waals surface area (Å²) >= 11 is 0. The van der Waals surface area contributed by atoms with Crippen LogP contribution in [0.2, 0.25) is 0 Å². The first kappa shape index (κ1) is 8.94. The minimum Gasteiger partial charge on any atom is -0.389 e. The van der Waals surface area contributed by atoms with Crippen molar-refractivity contribution in [1.82, 2.24) is 0 Å². The predicted octanol–water partition coefficient (Wildman–Crippen LogP) is 0.905. The van der Waals surface area contributed by atoms with Gasteiger partial charge in [-0.05, 0) is 12.5 Å². The molecule has 0 fully saturated rings. The Morgan fingerprint density at radius 3 is 2.50 bits per heavy atom. The molecule has 1 heterocycles. The first-order valence-electron chi connectivity index (χ1n) is 4.00. The molecule has 0 aliphatic heterocycles. The summed E-state index contributed by atoms with van der Waals surface area (Å²) in [6, 6.07) is 4.00. The smallest absolute Gasteiger partial charge is 0.169 e. The SMILES string of the molecule is C[C@@H](O)C=Cc1cc[n+](C)cc1. The second kappa shape index (κ2) is 4.02. The van der Waals surface area contributed by atoms with E-state index in [2.05, 4.69) is 0 Å². The molecule has 0 saturated heterocycles. The maximum atomic E-state index is 8.98. The monoisotopic (exact) mass is 164 g/mol. The molecule has 0 spiro atoms. The van der Waals surface area contributed by atoms with Gasteiger partial charge in [0.25, 0.3) is 0 Å². The highest BCUT2D eigenvalue weighted by atomic mass is 16.3. The second-order valence-corrected chi connectivity index (χ2v) is 2.90. The third-order valence-corrected chi connectivity index (χ3v) is 1.57. The summed E-state index contributed by atoms with van der Waals surface area (Å²) in [4.78, 5) is 0. The summed E-state index contributed by atoms with van der Waals surface area (Å²) in [6.07, 6.45) is 7.24. The van der Waals surface area contributed by atoms with E-state index < -0.39 is 0 Å². The fourth-order valence-electron chi connectivity index (χ4n) is 0.874. The summed E-state index contributed by atoms with van der Waals surface area (Å²) in [7, 11) is 1.97. The first-order valence-corrected chi connectivity index (χ1v) is 4.00. The number of hydrogen-bond donors (Lipinski definition) is 1. The van der Waals surface area contributed by atoms with E-state index in [1.807, 2.05) is 42.2 Å². The zero-order valence-electron chi connectivity index (χ0n) is 7.44. The second-order valence-electron chi connectivity index (χ2n) is 2.90. The number of pyridine rings is 1. The Labute approximate surface area is 72.8 Å². The highest BCUT2D eigenvalue weighted by molar-refractivity contribution is 5.47. The average molecular weight is 164 g/mol. The van der Waals surface area contributed by atoms with Gasteiger partial charge in [-0.15, -0.1) is 0 Å². The van der Waals surface area contributed by atoms with Gasteiger partial charge in [0, 0.05) is 12.1 Å². The predicted molar refractivity (Wildman–Crippen MR) is 48.3 cm³/mol. The van der Waals surface area contributed by atoms with E-state index in [1.165, 1.54) is 0 Å². The van der Waals surface area contributed by atoms with E-state index >= 15 is 0 Å². The maximum Gasteiger partial charge on any atom is 0.169 e. The summed E-state index contributed by atoms with van der Waals surface area (Å²) in [5.74, 6) is 0. The Hall–Kier alpha value is -1.15.